The fourth-order valence-corrected chi connectivity index (χ4v) is 3.22. The highest BCUT2D eigenvalue weighted by molar-refractivity contribution is 6.42. The van der Waals surface area contributed by atoms with Crippen LogP contribution in [-0.2, 0) is 0 Å². The van der Waals surface area contributed by atoms with Crippen LogP contribution in [-0.4, -0.2) is 24.0 Å². The quantitative estimate of drug-likeness (QED) is 0.845. The maximum atomic E-state index is 12.5. The van der Waals surface area contributed by atoms with E-state index in [1.54, 1.807) is 24.4 Å². The van der Waals surface area contributed by atoms with Crippen molar-refractivity contribution in [1.29, 1.82) is 0 Å². The molecule has 1 fully saturated rings. The zero-order valence-corrected chi connectivity index (χ0v) is 14.9. The van der Waals surface area contributed by atoms with Crippen LogP contribution < -0.4 is 10.2 Å². The summed E-state index contributed by atoms with van der Waals surface area (Å²) in [6.45, 7) is 4.25. The molecule has 4 nitrogen and oxygen atoms in total. The summed E-state index contributed by atoms with van der Waals surface area (Å²) >= 11 is 11.9. The lowest BCUT2D eigenvalue weighted by atomic mass is 10.00. The van der Waals surface area contributed by atoms with Crippen molar-refractivity contribution in [3.05, 3.63) is 52.3 Å². The summed E-state index contributed by atoms with van der Waals surface area (Å²) < 4.78 is 0. The second-order valence-electron chi connectivity index (χ2n) is 6.21. The molecule has 2 aromatic rings. The van der Waals surface area contributed by atoms with Crippen molar-refractivity contribution in [3.63, 3.8) is 0 Å². The summed E-state index contributed by atoms with van der Waals surface area (Å²) in [4.78, 5) is 19.0. The van der Waals surface area contributed by atoms with Crippen LogP contribution in [0, 0.1) is 5.92 Å². The average Bonchev–Trinajstić information content (AvgIpc) is 2.58. The SMILES string of the molecule is CC1CCCN(c2cncc(C(=O)Nc3ccc(Cl)c(Cl)c3)c2)C1. The smallest absolute Gasteiger partial charge is 0.257 e. The number of carbonyl (C=O) groups excluding carboxylic acids is 1. The van der Waals surface area contributed by atoms with Gasteiger partial charge in [-0.3, -0.25) is 9.78 Å². The molecule has 2 heterocycles. The Bertz CT molecular complexity index is 751. The molecule has 3 rings (SSSR count). The third kappa shape index (κ3) is 4.00. The fourth-order valence-electron chi connectivity index (χ4n) is 2.93. The largest absolute Gasteiger partial charge is 0.370 e. The Balaban J connectivity index is 1.75. The molecule has 6 heteroatoms. The minimum Gasteiger partial charge on any atom is -0.370 e. The van der Waals surface area contributed by atoms with E-state index in [9.17, 15) is 4.79 Å². The van der Waals surface area contributed by atoms with Crippen LogP contribution in [0.25, 0.3) is 0 Å². The second kappa shape index (κ2) is 7.41. The molecule has 0 aliphatic carbocycles. The molecule has 1 saturated heterocycles. The minimum absolute atomic E-state index is 0.215. The monoisotopic (exact) mass is 363 g/mol. The lowest BCUT2D eigenvalue weighted by Crippen LogP contribution is -2.34. The molecule has 0 bridgehead atoms. The van der Waals surface area contributed by atoms with Crippen LogP contribution in [0.15, 0.2) is 36.7 Å². The number of hydrogen-bond donors (Lipinski definition) is 1. The number of aromatic nitrogens is 1. The van der Waals surface area contributed by atoms with Gasteiger partial charge in [0.05, 0.1) is 27.5 Å². The molecule has 1 aromatic carbocycles. The Labute approximate surface area is 151 Å². The molecule has 1 amide bonds. The van der Waals surface area contributed by atoms with Crippen molar-refractivity contribution < 1.29 is 4.79 Å². The normalized spacial score (nSPS) is 17.6. The molecule has 1 unspecified atom stereocenters. The standard InChI is InChI=1S/C18H19Cl2N3O/c1-12-3-2-6-23(11-12)15-7-13(9-21-10-15)18(24)22-14-4-5-16(19)17(20)8-14/h4-5,7-10,12H,2-3,6,11H2,1H3,(H,22,24). The van der Waals surface area contributed by atoms with Crippen LogP contribution in [0.4, 0.5) is 11.4 Å². The zero-order chi connectivity index (χ0) is 17.1. The van der Waals surface area contributed by atoms with Gasteiger partial charge < -0.3 is 10.2 Å². The number of piperidine rings is 1. The Morgan fingerprint density at radius 2 is 2.08 bits per heavy atom. The average molecular weight is 364 g/mol. The van der Waals surface area contributed by atoms with Gasteiger partial charge in [-0.25, -0.2) is 0 Å². The molecule has 0 saturated carbocycles. The number of carbonyl (C=O) groups is 1. The van der Waals surface area contributed by atoms with Crippen molar-refractivity contribution in [2.75, 3.05) is 23.3 Å². The van der Waals surface area contributed by atoms with Gasteiger partial charge in [-0.1, -0.05) is 30.1 Å². The Morgan fingerprint density at radius 1 is 1.25 bits per heavy atom. The van der Waals surface area contributed by atoms with E-state index in [1.807, 2.05) is 12.3 Å². The highest BCUT2D eigenvalue weighted by atomic mass is 35.5. The maximum Gasteiger partial charge on any atom is 0.257 e. The van der Waals surface area contributed by atoms with Gasteiger partial charge >= 0.3 is 0 Å². The van der Waals surface area contributed by atoms with E-state index in [4.69, 9.17) is 23.2 Å². The van der Waals surface area contributed by atoms with Gasteiger partial charge in [0, 0.05) is 25.0 Å². The van der Waals surface area contributed by atoms with E-state index < -0.39 is 0 Å². The third-order valence-electron chi connectivity index (χ3n) is 4.19. The second-order valence-corrected chi connectivity index (χ2v) is 7.02. The van der Waals surface area contributed by atoms with Gasteiger partial charge in [-0.2, -0.15) is 0 Å². The van der Waals surface area contributed by atoms with Gasteiger partial charge in [-0.15, -0.1) is 0 Å². The first-order chi connectivity index (χ1) is 11.5. The maximum absolute atomic E-state index is 12.5. The van der Waals surface area contributed by atoms with E-state index in [1.165, 1.54) is 12.8 Å². The van der Waals surface area contributed by atoms with E-state index in [0.717, 1.165) is 18.8 Å². The summed E-state index contributed by atoms with van der Waals surface area (Å²) in [5, 5.41) is 3.69. The van der Waals surface area contributed by atoms with Gasteiger partial charge in [0.1, 0.15) is 0 Å². The van der Waals surface area contributed by atoms with Crippen LogP contribution in [0.2, 0.25) is 10.0 Å². The minimum atomic E-state index is -0.215. The first-order valence-electron chi connectivity index (χ1n) is 7.99. The number of nitrogens with zero attached hydrogens (tertiary/aromatic N) is 2. The number of anilines is 2. The molecule has 126 valence electrons. The number of rotatable bonds is 3. The number of benzene rings is 1. The molecule has 0 spiro atoms. The molecular formula is C18H19Cl2N3O. The number of halogens is 2. The first kappa shape index (κ1) is 17.1. The number of amides is 1. The topological polar surface area (TPSA) is 45.2 Å². The van der Waals surface area contributed by atoms with E-state index in [2.05, 4.69) is 22.1 Å². The summed E-state index contributed by atoms with van der Waals surface area (Å²) in [7, 11) is 0. The summed E-state index contributed by atoms with van der Waals surface area (Å²) in [5.41, 5.74) is 2.12. The summed E-state index contributed by atoms with van der Waals surface area (Å²) in [6, 6.07) is 6.89. The molecule has 1 aliphatic rings. The van der Waals surface area contributed by atoms with E-state index in [-0.39, 0.29) is 5.91 Å². The highest BCUT2D eigenvalue weighted by Gasteiger charge is 2.18. The van der Waals surface area contributed by atoms with Crippen molar-refractivity contribution >= 4 is 40.5 Å². The van der Waals surface area contributed by atoms with Gasteiger partial charge in [-0.05, 0) is 43.0 Å². The van der Waals surface area contributed by atoms with Gasteiger partial charge in [0.25, 0.3) is 5.91 Å². The third-order valence-corrected chi connectivity index (χ3v) is 4.92. The van der Waals surface area contributed by atoms with Gasteiger partial charge in [0.2, 0.25) is 0 Å². The molecule has 1 aromatic heterocycles. The van der Waals surface area contributed by atoms with Crippen LogP contribution in [0.1, 0.15) is 30.1 Å². The molecular weight excluding hydrogens is 345 g/mol. The first-order valence-corrected chi connectivity index (χ1v) is 8.75. The molecule has 1 atom stereocenters. The number of hydrogen-bond acceptors (Lipinski definition) is 3. The van der Waals surface area contributed by atoms with Crippen molar-refractivity contribution in [3.8, 4) is 0 Å². The Kier molecular flexibility index (Phi) is 5.27. The Hall–Kier alpha value is -1.78. The van der Waals surface area contributed by atoms with Crippen LogP contribution in [0.3, 0.4) is 0 Å². The summed E-state index contributed by atoms with van der Waals surface area (Å²) in [5.74, 6) is 0.445. The molecule has 24 heavy (non-hydrogen) atoms. The lowest BCUT2D eigenvalue weighted by molar-refractivity contribution is 0.102. The predicted molar refractivity (Wildman–Crippen MR) is 99.3 cm³/mol. The van der Waals surface area contributed by atoms with Crippen molar-refractivity contribution in [2.24, 2.45) is 5.92 Å². The molecule has 1 aliphatic heterocycles. The van der Waals surface area contributed by atoms with Crippen LogP contribution in [0.5, 0.6) is 0 Å². The molecule has 1 N–H and O–H groups in total. The summed E-state index contributed by atoms with van der Waals surface area (Å²) in [6.07, 6.45) is 5.81. The van der Waals surface area contributed by atoms with E-state index >= 15 is 0 Å². The zero-order valence-electron chi connectivity index (χ0n) is 13.4. The highest BCUT2D eigenvalue weighted by Crippen LogP contribution is 2.26. The van der Waals surface area contributed by atoms with Crippen LogP contribution >= 0.6 is 23.2 Å². The molecule has 0 radical (unpaired) electrons. The predicted octanol–water partition coefficient (Wildman–Crippen LogP) is 4.88. The number of pyridine rings is 1. The van der Waals surface area contributed by atoms with Gasteiger partial charge in [0.15, 0.2) is 0 Å². The van der Waals surface area contributed by atoms with Crippen molar-refractivity contribution in [2.45, 2.75) is 19.8 Å². The van der Waals surface area contributed by atoms with Crippen molar-refractivity contribution in [1.82, 2.24) is 4.98 Å². The fraction of sp³-hybridized carbons (Fsp3) is 0.333. The number of nitrogens with one attached hydrogen (secondary N) is 1. The Morgan fingerprint density at radius 3 is 2.83 bits per heavy atom. The van der Waals surface area contributed by atoms with E-state index in [0.29, 0.717) is 27.2 Å². The lowest BCUT2D eigenvalue weighted by Gasteiger charge is -2.32.